The van der Waals surface area contributed by atoms with Crippen molar-refractivity contribution in [3.05, 3.63) is 29.3 Å². The minimum absolute atomic E-state index is 0.0690. The van der Waals surface area contributed by atoms with Crippen molar-refractivity contribution >= 4 is 11.6 Å². The highest BCUT2D eigenvalue weighted by Crippen LogP contribution is 2.38. The molecule has 17 heavy (non-hydrogen) atoms. The van der Waals surface area contributed by atoms with Crippen molar-refractivity contribution in [3.63, 3.8) is 0 Å². The Morgan fingerprint density at radius 3 is 2.65 bits per heavy atom. The Balaban J connectivity index is 2.07. The molecule has 1 fully saturated rings. The van der Waals surface area contributed by atoms with E-state index in [9.17, 15) is 4.79 Å². The van der Waals surface area contributed by atoms with Gasteiger partial charge in [0.05, 0.1) is 0 Å². The summed E-state index contributed by atoms with van der Waals surface area (Å²) in [6.45, 7) is 5.04. The second kappa shape index (κ2) is 4.40. The molecule has 3 nitrogen and oxygen atoms in total. The lowest BCUT2D eigenvalue weighted by Gasteiger charge is -2.17. The van der Waals surface area contributed by atoms with Gasteiger partial charge in [-0.2, -0.15) is 0 Å². The Morgan fingerprint density at radius 2 is 2.12 bits per heavy atom. The molecule has 2 unspecified atom stereocenters. The van der Waals surface area contributed by atoms with Gasteiger partial charge in [0, 0.05) is 24.8 Å². The van der Waals surface area contributed by atoms with Crippen LogP contribution in [0.5, 0.6) is 0 Å². The predicted octanol–water partition coefficient (Wildman–Crippen LogP) is 2.31. The summed E-state index contributed by atoms with van der Waals surface area (Å²) in [4.78, 5) is 14.0. The molecule has 92 valence electrons. The second-order valence-corrected chi connectivity index (χ2v) is 5.29. The van der Waals surface area contributed by atoms with Crippen molar-refractivity contribution in [3.8, 4) is 0 Å². The van der Waals surface area contributed by atoms with Crippen molar-refractivity contribution in [2.24, 2.45) is 11.8 Å². The van der Waals surface area contributed by atoms with Crippen LogP contribution >= 0.6 is 0 Å². The van der Waals surface area contributed by atoms with Gasteiger partial charge in [0.2, 0.25) is 0 Å². The number of nitrogens with zero attached hydrogens (tertiary/aromatic N) is 1. The standard InChI is InChI=1S/C14H20N2O/c1-9-4-11(7-13(15)5-9)14(17)16(3)8-12-6-10(12)2/h4-5,7,10,12H,6,8,15H2,1-3H3. The van der Waals surface area contributed by atoms with E-state index in [1.807, 2.05) is 31.0 Å². The summed E-state index contributed by atoms with van der Waals surface area (Å²) < 4.78 is 0. The van der Waals surface area contributed by atoms with Crippen LogP contribution in [-0.4, -0.2) is 24.4 Å². The molecule has 3 heteroatoms. The van der Waals surface area contributed by atoms with Crippen LogP contribution in [0, 0.1) is 18.8 Å². The van der Waals surface area contributed by atoms with Gasteiger partial charge in [0.1, 0.15) is 0 Å². The van der Waals surface area contributed by atoms with Crippen LogP contribution in [0.4, 0.5) is 5.69 Å². The maximum Gasteiger partial charge on any atom is 0.253 e. The number of benzene rings is 1. The van der Waals surface area contributed by atoms with Gasteiger partial charge < -0.3 is 10.6 Å². The van der Waals surface area contributed by atoms with Crippen LogP contribution in [0.1, 0.15) is 29.3 Å². The molecular formula is C14H20N2O. The number of amides is 1. The normalized spacial score (nSPS) is 22.3. The first kappa shape index (κ1) is 12.0. The third-order valence-electron chi connectivity index (χ3n) is 3.48. The first-order valence-corrected chi connectivity index (χ1v) is 6.10. The van der Waals surface area contributed by atoms with Gasteiger partial charge in [-0.1, -0.05) is 6.92 Å². The molecule has 1 saturated carbocycles. The molecule has 0 heterocycles. The van der Waals surface area contributed by atoms with Crippen molar-refractivity contribution in [1.29, 1.82) is 0 Å². The molecule has 2 atom stereocenters. The average molecular weight is 232 g/mol. The highest BCUT2D eigenvalue weighted by molar-refractivity contribution is 5.95. The molecule has 1 amide bonds. The fourth-order valence-electron chi connectivity index (χ4n) is 2.24. The lowest BCUT2D eigenvalue weighted by atomic mass is 10.1. The molecule has 2 N–H and O–H groups in total. The van der Waals surface area contributed by atoms with Crippen molar-refractivity contribution in [1.82, 2.24) is 4.90 Å². The van der Waals surface area contributed by atoms with E-state index in [0.29, 0.717) is 17.2 Å². The summed E-state index contributed by atoms with van der Waals surface area (Å²) in [5.41, 5.74) is 8.14. The Bertz CT molecular complexity index is 422. The molecule has 0 radical (unpaired) electrons. The Kier molecular flexibility index (Phi) is 3.09. The first-order valence-electron chi connectivity index (χ1n) is 6.10. The molecule has 0 aromatic heterocycles. The van der Waals surface area contributed by atoms with Crippen molar-refractivity contribution in [2.45, 2.75) is 20.3 Å². The van der Waals surface area contributed by atoms with E-state index in [4.69, 9.17) is 5.73 Å². The fourth-order valence-corrected chi connectivity index (χ4v) is 2.24. The SMILES string of the molecule is Cc1cc(N)cc(C(=O)N(C)CC2CC2C)c1. The van der Waals surface area contributed by atoms with Crippen LogP contribution in [0.2, 0.25) is 0 Å². The predicted molar refractivity (Wildman–Crippen MR) is 69.8 cm³/mol. The van der Waals surface area contributed by atoms with Gasteiger partial charge in [-0.25, -0.2) is 0 Å². The Labute approximate surface area is 103 Å². The van der Waals surface area contributed by atoms with Crippen LogP contribution in [0.15, 0.2) is 18.2 Å². The highest BCUT2D eigenvalue weighted by atomic mass is 16.2. The topological polar surface area (TPSA) is 46.3 Å². The summed E-state index contributed by atoms with van der Waals surface area (Å²) in [5.74, 6) is 1.53. The molecule has 2 rings (SSSR count). The molecule has 1 aromatic rings. The number of nitrogen functional groups attached to an aromatic ring is 1. The van der Waals surface area contributed by atoms with Gasteiger partial charge in [-0.15, -0.1) is 0 Å². The molecule has 1 aromatic carbocycles. The van der Waals surface area contributed by atoms with E-state index in [1.165, 1.54) is 6.42 Å². The van der Waals surface area contributed by atoms with Gasteiger partial charge in [-0.05, 0) is 48.9 Å². The zero-order valence-electron chi connectivity index (χ0n) is 10.7. The number of aryl methyl sites for hydroxylation is 1. The van der Waals surface area contributed by atoms with Crippen LogP contribution < -0.4 is 5.73 Å². The van der Waals surface area contributed by atoms with E-state index in [0.717, 1.165) is 18.0 Å². The fraction of sp³-hybridized carbons (Fsp3) is 0.500. The largest absolute Gasteiger partial charge is 0.399 e. The summed E-state index contributed by atoms with van der Waals surface area (Å²) >= 11 is 0. The summed E-state index contributed by atoms with van der Waals surface area (Å²) in [6.07, 6.45) is 1.24. The smallest absolute Gasteiger partial charge is 0.253 e. The zero-order valence-corrected chi connectivity index (χ0v) is 10.7. The highest BCUT2D eigenvalue weighted by Gasteiger charge is 2.34. The first-order chi connectivity index (χ1) is 7.97. The number of anilines is 1. The maximum absolute atomic E-state index is 12.2. The number of carbonyl (C=O) groups is 1. The van der Waals surface area contributed by atoms with Crippen molar-refractivity contribution in [2.75, 3.05) is 19.3 Å². The third-order valence-corrected chi connectivity index (χ3v) is 3.48. The minimum atomic E-state index is 0.0690. The molecule has 1 aliphatic carbocycles. The van der Waals surface area contributed by atoms with Crippen LogP contribution in [0.3, 0.4) is 0 Å². The third kappa shape index (κ3) is 2.78. The summed E-state index contributed by atoms with van der Waals surface area (Å²) in [6, 6.07) is 5.52. The van der Waals surface area contributed by atoms with E-state index < -0.39 is 0 Å². The van der Waals surface area contributed by atoms with E-state index in [-0.39, 0.29) is 5.91 Å². The van der Waals surface area contributed by atoms with Crippen LogP contribution in [0.25, 0.3) is 0 Å². The number of rotatable bonds is 3. The maximum atomic E-state index is 12.2. The zero-order chi connectivity index (χ0) is 12.6. The van der Waals surface area contributed by atoms with E-state index in [1.54, 1.807) is 6.07 Å². The van der Waals surface area contributed by atoms with Gasteiger partial charge in [-0.3, -0.25) is 4.79 Å². The number of nitrogens with two attached hydrogens (primary N) is 1. The Hall–Kier alpha value is -1.51. The number of hydrogen-bond acceptors (Lipinski definition) is 2. The van der Waals surface area contributed by atoms with Crippen LogP contribution in [-0.2, 0) is 0 Å². The molecule has 0 aliphatic heterocycles. The summed E-state index contributed by atoms with van der Waals surface area (Å²) in [5, 5.41) is 0. The molecule has 1 aliphatic rings. The van der Waals surface area contributed by atoms with Gasteiger partial charge in [0.25, 0.3) is 5.91 Å². The molecule has 0 saturated heterocycles. The Morgan fingerprint density at radius 1 is 1.47 bits per heavy atom. The van der Waals surface area contributed by atoms with Gasteiger partial charge >= 0.3 is 0 Å². The van der Waals surface area contributed by atoms with Gasteiger partial charge in [0.15, 0.2) is 0 Å². The monoisotopic (exact) mass is 232 g/mol. The van der Waals surface area contributed by atoms with E-state index in [2.05, 4.69) is 6.92 Å². The quantitative estimate of drug-likeness (QED) is 0.813. The number of hydrogen-bond donors (Lipinski definition) is 1. The average Bonchev–Trinajstić information content (AvgIpc) is 2.91. The second-order valence-electron chi connectivity index (χ2n) is 5.29. The summed E-state index contributed by atoms with van der Waals surface area (Å²) in [7, 11) is 1.87. The minimum Gasteiger partial charge on any atom is -0.399 e. The lowest BCUT2D eigenvalue weighted by Crippen LogP contribution is -2.29. The number of carbonyl (C=O) groups excluding carboxylic acids is 1. The lowest BCUT2D eigenvalue weighted by molar-refractivity contribution is 0.0787. The molecular weight excluding hydrogens is 212 g/mol. The molecule has 0 spiro atoms. The van der Waals surface area contributed by atoms with Crippen molar-refractivity contribution < 1.29 is 4.79 Å². The molecule has 0 bridgehead atoms. The van der Waals surface area contributed by atoms with E-state index >= 15 is 0 Å².